The van der Waals surface area contributed by atoms with Crippen molar-refractivity contribution in [2.24, 2.45) is 4.99 Å². The first-order valence-corrected chi connectivity index (χ1v) is 11.8. The summed E-state index contributed by atoms with van der Waals surface area (Å²) < 4.78 is 12.7. The van der Waals surface area contributed by atoms with E-state index in [1.807, 2.05) is 73.6 Å². The fourth-order valence-electron chi connectivity index (χ4n) is 3.91. The molecule has 0 aliphatic carbocycles. The molecule has 0 saturated carbocycles. The van der Waals surface area contributed by atoms with E-state index in [-0.39, 0.29) is 12.2 Å². The Labute approximate surface area is 201 Å². The van der Waals surface area contributed by atoms with Crippen molar-refractivity contribution in [2.75, 3.05) is 32.7 Å². The van der Waals surface area contributed by atoms with Crippen LogP contribution in [0.4, 0.5) is 5.69 Å². The van der Waals surface area contributed by atoms with E-state index >= 15 is 0 Å². The number of carbonyl (C=O) groups is 1. The molecular weight excluding hydrogens is 450 g/mol. The largest absolute Gasteiger partial charge is 0.497 e. The summed E-state index contributed by atoms with van der Waals surface area (Å²) >= 11 is 1.31. The lowest BCUT2D eigenvalue weighted by Gasteiger charge is -2.24. The Balaban J connectivity index is 1.89. The third-order valence-corrected chi connectivity index (χ3v) is 6.64. The van der Waals surface area contributed by atoms with Gasteiger partial charge in [-0.15, -0.1) is 0 Å². The van der Waals surface area contributed by atoms with Gasteiger partial charge in [-0.3, -0.25) is 9.36 Å². The predicted octanol–water partition coefficient (Wildman–Crippen LogP) is 2.87. The molecule has 7 nitrogen and oxygen atoms in total. The summed E-state index contributed by atoms with van der Waals surface area (Å²) in [6.45, 7) is 3.77. The lowest BCUT2D eigenvalue weighted by molar-refractivity contribution is -0.139. The third-order valence-electron chi connectivity index (χ3n) is 5.66. The average Bonchev–Trinajstić information content (AvgIpc) is 3.13. The van der Waals surface area contributed by atoms with Crippen LogP contribution in [0.15, 0.2) is 69.6 Å². The highest BCUT2D eigenvalue weighted by Gasteiger charge is 2.33. The third kappa shape index (κ3) is 4.41. The Morgan fingerprint density at radius 2 is 1.82 bits per heavy atom. The number of aromatic nitrogens is 1. The summed E-state index contributed by atoms with van der Waals surface area (Å²) in [5, 5.41) is 0. The number of esters is 1. The monoisotopic (exact) mass is 477 g/mol. The zero-order valence-corrected chi connectivity index (χ0v) is 20.7. The van der Waals surface area contributed by atoms with Crippen LogP contribution in [0.3, 0.4) is 0 Å². The van der Waals surface area contributed by atoms with E-state index in [9.17, 15) is 9.59 Å². The average molecular weight is 478 g/mol. The molecule has 0 fully saturated rings. The number of hydrogen-bond acceptors (Lipinski definition) is 7. The van der Waals surface area contributed by atoms with Gasteiger partial charge in [0.05, 0.1) is 35.6 Å². The molecule has 4 rings (SSSR count). The van der Waals surface area contributed by atoms with Crippen molar-refractivity contribution < 1.29 is 14.3 Å². The van der Waals surface area contributed by atoms with Crippen LogP contribution in [0.1, 0.15) is 31.0 Å². The Morgan fingerprint density at radius 1 is 1.15 bits per heavy atom. The van der Waals surface area contributed by atoms with Crippen LogP contribution in [-0.2, 0) is 9.53 Å². The zero-order chi connectivity index (χ0) is 24.4. The van der Waals surface area contributed by atoms with E-state index in [4.69, 9.17) is 9.47 Å². The Kier molecular flexibility index (Phi) is 6.70. The standard InChI is InChI=1S/C26H27N3O4S/c1-6-33-25(31)22-16(2)27-26-29(23(22)18-9-13-20(32-5)14-10-18)24(30)21(34-26)15-17-7-11-19(12-8-17)28(3)4/h7-15,23H,6H2,1-5H3/b21-15-/t23-/m1/s1. The number of hydrogen-bond donors (Lipinski definition) is 0. The van der Waals surface area contributed by atoms with Gasteiger partial charge in [0.15, 0.2) is 4.80 Å². The van der Waals surface area contributed by atoms with Gasteiger partial charge in [-0.1, -0.05) is 35.6 Å². The molecule has 2 heterocycles. The van der Waals surface area contributed by atoms with Crippen LogP contribution in [0.25, 0.3) is 6.08 Å². The van der Waals surface area contributed by atoms with Gasteiger partial charge in [0.2, 0.25) is 0 Å². The SMILES string of the molecule is CCOC(=O)C1=C(C)N=c2s/c(=C\c3ccc(N(C)C)cc3)c(=O)n2[C@@H]1c1ccc(OC)cc1. The van der Waals surface area contributed by atoms with Crippen molar-refractivity contribution in [1.29, 1.82) is 0 Å². The molecule has 176 valence electrons. The number of anilines is 1. The minimum absolute atomic E-state index is 0.199. The molecule has 1 atom stereocenters. The molecule has 2 aromatic carbocycles. The number of methoxy groups -OCH3 is 1. The van der Waals surface area contributed by atoms with Crippen molar-refractivity contribution >= 4 is 29.1 Å². The molecule has 0 unspecified atom stereocenters. The van der Waals surface area contributed by atoms with Gasteiger partial charge in [0.1, 0.15) is 5.75 Å². The van der Waals surface area contributed by atoms with Gasteiger partial charge in [-0.2, -0.15) is 0 Å². The zero-order valence-electron chi connectivity index (χ0n) is 19.9. The molecule has 3 aromatic rings. The van der Waals surface area contributed by atoms with Gasteiger partial charge in [-0.25, -0.2) is 9.79 Å². The predicted molar refractivity (Wildman–Crippen MR) is 134 cm³/mol. The molecule has 1 aliphatic rings. The molecule has 0 spiro atoms. The first-order valence-electron chi connectivity index (χ1n) is 10.9. The normalized spacial score (nSPS) is 15.6. The summed E-state index contributed by atoms with van der Waals surface area (Å²) in [6, 6.07) is 14.7. The molecule has 0 N–H and O–H groups in total. The van der Waals surface area contributed by atoms with Gasteiger partial charge in [-0.05, 0) is 55.3 Å². The minimum atomic E-state index is -0.639. The molecule has 0 radical (unpaired) electrons. The quantitative estimate of drug-likeness (QED) is 0.511. The number of ether oxygens (including phenoxy) is 2. The minimum Gasteiger partial charge on any atom is -0.497 e. The highest BCUT2D eigenvalue weighted by Crippen LogP contribution is 2.31. The van der Waals surface area contributed by atoms with E-state index in [0.717, 1.165) is 16.8 Å². The lowest BCUT2D eigenvalue weighted by atomic mass is 9.96. The maximum absolute atomic E-state index is 13.6. The van der Waals surface area contributed by atoms with Crippen LogP contribution >= 0.6 is 11.3 Å². The summed E-state index contributed by atoms with van der Waals surface area (Å²) in [6.07, 6.45) is 1.86. The maximum atomic E-state index is 13.6. The maximum Gasteiger partial charge on any atom is 0.338 e. The summed E-state index contributed by atoms with van der Waals surface area (Å²) in [5.74, 6) is 0.217. The van der Waals surface area contributed by atoms with Crippen LogP contribution in [0.5, 0.6) is 5.75 Å². The number of carbonyl (C=O) groups excluding carboxylic acids is 1. The fourth-order valence-corrected chi connectivity index (χ4v) is 4.96. The molecule has 1 aromatic heterocycles. The molecule has 34 heavy (non-hydrogen) atoms. The first-order chi connectivity index (χ1) is 16.3. The molecule has 1 aliphatic heterocycles. The Hall–Kier alpha value is -3.65. The Morgan fingerprint density at radius 3 is 2.41 bits per heavy atom. The molecule has 0 saturated heterocycles. The first kappa shape index (κ1) is 23.5. The van der Waals surface area contributed by atoms with Gasteiger partial charge in [0.25, 0.3) is 5.56 Å². The van der Waals surface area contributed by atoms with Crippen LogP contribution in [0, 0.1) is 0 Å². The highest BCUT2D eigenvalue weighted by atomic mass is 32.1. The van der Waals surface area contributed by atoms with Crippen LogP contribution in [-0.4, -0.2) is 38.3 Å². The van der Waals surface area contributed by atoms with Crippen molar-refractivity contribution in [3.05, 3.63) is 90.6 Å². The number of allylic oxidation sites excluding steroid dienone is 1. The lowest BCUT2D eigenvalue weighted by Crippen LogP contribution is -2.39. The topological polar surface area (TPSA) is 73.1 Å². The van der Waals surface area contributed by atoms with E-state index in [2.05, 4.69) is 4.99 Å². The second kappa shape index (κ2) is 9.69. The van der Waals surface area contributed by atoms with Gasteiger partial charge < -0.3 is 14.4 Å². The number of rotatable bonds is 6. The summed E-state index contributed by atoms with van der Waals surface area (Å²) in [7, 11) is 5.56. The molecule has 0 amide bonds. The number of nitrogens with zero attached hydrogens (tertiary/aromatic N) is 3. The molecule has 8 heteroatoms. The summed E-state index contributed by atoms with van der Waals surface area (Å²) in [5.41, 5.74) is 3.48. The van der Waals surface area contributed by atoms with E-state index in [0.29, 0.717) is 26.4 Å². The molecular formula is C26H27N3O4S. The smallest absolute Gasteiger partial charge is 0.338 e. The number of thiazole rings is 1. The van der Waals surface area contributed by atoms with Crippen LogP contribution < -0.4 is 24.5 Å². The van der Waals surface area contributed by atoms with Crippen molar-refractivity contribution in [3.63, 3.8) is 0 Å². The van der Waals surface area contributed by atoms with Crippen molar-refractivity contribution in [1.82, 2.24) is 4.57 Å². The van der Waals surface area contributed by atoms with E-state index in [1.54, 1.807) is 25.5 Å². The van der Waals surface area contributed by atoms with Crippen molar-refractivity contribution in [3.8, 4) is 5.75 Å². The van der Waals surface area contributed by atoms with E-state index < -0.39 is 12.0 Å². The second-order valence-corrected chi connectivity index (χ2v) is 9.07. The van der Waals surface area contributed by atoms with Gasteiger partial charge in [0, 0.05) is 19.8 Å². The number of fused-ring (bicyclic) bond motifs is 1. The van der Waals surface area contributed by atoms with Crippen molar-refractivity contribution in [2.45, 2.75) is 19.9 Å². The highest BCUT2D eigenvalue weighted by molar-refractivity contribution is 7.07. The van der Waals surface area contributed by atoms with E-state index in [1.165, 1.54) is 11.3 Å². The molecule has 0 bridgehead atoms. The second-order valence-electron chi connectivity index (χ2n) is 8.06. The fraction of sp³-hybridized carbons (Fsp3) is 0.269. The number of benzene rings is 2. The summed E-state index contributed by atoms with van der Waals surface area (Å²) in [4.78, 5) is 33.7. The van der Waals surface area contributed by atoms with Crippen LogP contribution in [0.2, 0.25) is 0 Å². The Bertz CT molecular complexity index is 1410. The van der Waals surface area contributed by atoms with Gasteiger partial charge >= 0.3 is 5.97 Å².